The Bertz CT molecular complexity index is 662. The number of carbonyl (C=O) groups is 2. The van der Waals surface area contributed by atoms with Gasteiger partial charge in [0, 0.05) is 6.07 Å². The predicted molar refractivity (Wildman–Crippen MR) is 82.6 cm³/mol. The number of rotatable bonds is 2. The van der Waals surface area contributed by atoms with E-state index in [0.717, 1.165) is 18.4 Å². The van der Waals surface area contributed by atoms with Crippen molar-refractivity contribution in [1.29, 1.82) is 0 Å². The van der Waals surface area contributed by atoms with Crippen LogP contribution in [0.4, 0.5) is 5.69 Å². The van der Waals surface area contributed by atoms with E-state index >= 15 is 0 Å². The second-order valence-corrected chi connectivity index (χ2v) is 6.51. The molecule has 4 nitrogen and oxygen atoms in total. The number of amides is 2. The molecule has 2 bridgehead atoms. The first-order chi connectivity index (χ1) is 10.6. The molecule has 114 valence electrons. The number of aryl methyl sites for hydroxylation is 1. The number of carbonyl (C=O) groups excluding carboxylic acids is 2. The third-order valence-corrected chi connectivity index (χ3v) is 5.41. The van der Waals surface area contributed by atoms with Crippen molar-refractivity contribution in [3.8, 4) is 5.75 Å². The van der Waals surface area contributed by atoms with E-state index in [1.54, 1.807) is 13.2 Å². The van der Waals surface area contributed by atoms with E-state index in [9.17, 15) is 9.59 Å². The molecule has 1 aliphatic heterocycles. The summed E-state index contributed by atoms with van der Waals surface area (Å²) in [5.41, 5.74) is 1.62. The molecule has 4 unspecified atom stereocenters. The van der Waals surface area contributed by atoms with Crippen molar-refractivity contribution in [3.63, 3.8) is 0 Å². The highest BCUT2D eigenvalue weighted by Crippen LogP contribution is 2.50. The van der Waals surface area contributed by atoms with Gasteiger partial charge in [0.05, 0.1) is 24.6 Å². The summed E-state index contributed by atoms with van der Waals surface area (Å²) in [7, 11) is 1.60. The van der Waals surface area contributed by atoms with Crippen LogP contribution in [0.15, 0.2) is 30.4 Å². The quantitative estimate of drug-likeness (QED) is 0.623. The van der Waals surface area contributed by atoms with Crippen LogP contribution in [-0.4, -0.2) is 18.9 Å². The van der Waals surface area contributed by atoms with Crippen LogP contribution in [0.5, 0.6) is 5.75 Å². The predicted octanol–water partition coefficient (Wildman–Crippen LogP) is 2.71. The Morgan fingerprint density at radius 1 is 1.05 bits per heavy atom. The van der Waals surface area contributed by atoms with Crippen LogP contribution in [-0.2, 0) is 9.59 Å². The number of fused-ring (bicyclic) bond motifs is 1. The maximum absolute atomic E-state index is 12.9. The molecule has 22 heavy (non-hydrogen) atoms. The molecule has 5 rings (SSSR count). The zero-order valence-corrected chi connectivity index (χ0v) is 12.8. The Hall–Kier alpha value is -2.10. The van der Waals surface area contributed by atoms with E-state index in [1.807, 2.05) is 19.1 Å². The van der Waals surface area contributed by atoms with Crippen LogP contribution in [0.2, 0.25) is 0 Å². The zero-order chi connectivity index (χ0) is 15.4. The Morgan fingerprint density at radius 3 is 2.14 bits per heavy atom. The van der Waals surface area contributed by atoms with Gasteiger partial charge in [-0.2, -0.15) is 0 Å². The van der Waals surface area contributed by atoms with Gasteiger partial charge in [0.25, 0.3) is 0 Å². The minimum atomic E-state index is -0.163. The molecular weight excluding hydrogens is 278 g/mol. The Labute approximate surface area is 129 Å². The van der Waals surface area contributed by atoms with E-state index < -0.39 is 0 Å². The van der Waals surface area contributed by atoms with Crippen LogP contribution in [0, 0.1) is 30.6 Å². The smallest absolute Gasteiger partial charge is 0.238 e. The van der Waals surface area contributed by atoms with Gasteiger partial charge in [-0.3, -0.25) is 9.59 Å². The number of allylic oxidation sites excluding steroid dienone is 2. The molecule has 1 saturated heterocycles. The number of hydrogen-bond acceptors (Lipinski definition) is 3. The lowest BCUT2D eigenvalue weighted by Gasteiger charge is -2.38. The lowest BCUT2D eigenvalue weighted by Crippen LogP contribution is -2.38. The number of nitrogens with zero attached hydrogens (tertiary/aromatic N) is 1. The van der Waals surface area contributed by atoms with Gasteiger partial charge in [0.15, 0.2) is 0 Å². The summed E-state index contributed by atoms with van der Waals surface area (Å²) >= 11 is 0. The van der Waals surface area contributed by atoms with Crippen LogP contribution in [0.25, 0.3) is 0 Å². The van der Waals surface area contributed by atoms with Crippen molar-refractivity contribution in [2.45, 2.75) is 19.8 Å². The maximum Gasteiger partial charge on any atom is 0.238 e. The number of methoxy groups -OCH3 is 1. The third-order valence-electron chi connectivity index (χ3n) is 5.41. The first kappa shape index (κ1) is 13.6. The lowest BCUT2D eigenvalue weighted by atomic mass is 9.63. The molecule has 1 heterocycles. The monoisotopic (exact) mass is 297 g/mol. The second kappa shape index (κ2) is 4.70. The average molecular weight is 297 g/mol. The second-order valence-electron chi connectivity index (χ2n) is 6.51. The molecule has 1 aromatic carbocycles. The maximum atomic E-state index is 12.9. The van der Waals surface area contributed by atoms with Crippen molar-refractivity contribution >= 4 is 17.5 Å². The highest BCUT2D eigenvalue weighted by atomic mass is 16.5. The van der Waals surface area contributed by atoms with Gasteiger partial charge in [-0.15, -0.1) is 0 Å². The fraction of sp³-hybridized carbons (Fsp3) is 0.444. The molecular formula is C18H19NO3. The standard InChI is InChI=1S/C18H19NO3/c1-10-3-8-13(9-14(10)22-2)19-17(20)15-11-4-5-12(7-6-11)16(15)18(19)21/h3-5,8-9,11-12,15-16H,6-7H2,1-2H3. The van der Waals surface area contributed by atoms with Crippen LogP contribution in [0.3, 0.4) is 0 Å². The van der Waals surface area contributed by atoms with Gasteiger partial charge in [0.2, 0.25) is 11.8 Å². The normalized spacial score (nSPS) is 32.5. The minimum Gasteiger partial charge on any atom is -0.496 e. The molecule has 4 heteroatoms. The van der Waals surface area contributed by atoms with Crippen molar-refractivity contribution in [2.75, 3.05) is 12.0 Å². The Balaban J connectivity index is 1.75. The number of hydrogen-bond donors (Lipinski definition) is 0. The molecule has 4 aliphatic rings. The van der Waals surface area contributed by atoms with Gasteiger partial charge in [-0.1, -0.05) is 18.2 Å². The summed E-state index contributed by atoms with van der Waals surface area (Å²) in [5.74, 6) is 0.744. The van der Waals surface area contributed by atoms with Crippen LogP contribution >= 0.6 is 0 Å². The highest BCUT2D eigenvalue weighted by molar-refractivity contribution is 6.22. The molecule has 0 radical (unpaired) electrons. The molecule has 3 aliphatic carbocycles. The van der Waals surface area contributed by atoms with Gasteiger partial charge < -0.3 is 4.74 Å². The molecule has 4 atom stereocenters. The Kier molecular flexibility index (Phi) is 2.90. The molecule has 1 aromatic rings. The largest absolute Gasteiger partial charge is 0.496 e. The van der Waals surface area contributed by atoms with E-state index in [1.165, 1.54) is 4.90 Å². The molecule has 0 N–H and O–H groups in total. The molecule has 0 aromatic heterocycles. The first-order valence-electron chi connectivity index (χ1n) is 7.82. The number of anilines is 1. The van der Waals surface area contributed by atoms with Gasteiger partial charge >= 0.3 is 0 Å². The summed E-state index contributed by atoms with van der Waals surface area (Å²) in [6, 6.07) is 5.52. The zero-order valence-electron chi connectivity index (χ0n) is 12.8. The van der Waals surface area contributed by atoms with Crippen molar-refractivity contribution in [2.24, 2.45) is 23.7 Å². The molecule has 2 fully saturated rings. The summed E-state index contributed by atoms with van der Waals surface area (Å²) in [5, 5.41) is 0. The van der Waals surface area contributed by atoms with E-state index in [0.29, 0.717) is 11.4 Å². The number of ether oxygens (including phenoxy) is 1. The molecule has 2 amide bonds. The molecule has 0 spiro atoms. The summed E-state index contributed by atoms with van der Waals surface area (Å²) in [6.45, 7) is 1.94. The fourth-order valence-corrected chi connectivity index (χ4v) is 4.28. The van der Waals surface area contributed by atoms with Gasteiger partial charge in [-0.25, -0.2) is 4.90 Å². The first-order valence-corrected chi connectivity index (χ1v) is 7.82. The summed E-state index contributed by atoms with van der Waals surface area (Å²) in [4.78, 5) is 27.1. The van der Waals surface area contributed by atoms with E-state index in [4.69, 9.17) is 4.74 Å². The van der Waals surface area contributed by atoms with Crippen molar-refractivity contribution < 1.29 is 14.3 Å². The van der Waals surface area contributed by atoms with Crippen molar-refractivity contribution in [3.05, 3.63) is 35.9 Å². The van der Waals surface area contributed by atoms with Gasteiger partial charge in [-0.05, 0) is 43.2 Å². The lowest BCUT2D eigenvalue weighted by molar-refractivity contribution is -0.124. The summed E-state index contributed by atoms with van der Waals surface area (Å²) in [6.07, 6.45) is 6.32. The highest BCUT2D eigenvalue weighted by Gasteiger charge is 2.56. The third kappa shape index (κ3) is 1.70. The molecule has 1 saturated carbocycles. The van der Waals surface area contributed by atoms with E-state index in [-0.39, 0.29) is 35.5 Å². The Morgan fingerprint density at radius 2 is 1.64 bits per heavy atom. The topological polar surface area (TPSA) is 46.6 Å². The van der Waals surface area contributed by atoms with Crippen LogP contribution in [0.1, 0.15) is 18.4 Å². The fourth-order valence-electron chi connectivity index (χ4n) is 4.28. The SMILES string of the molecule is COc1cc(N2C(=O)C3C4C=CC(CC4)C3C2=O)ccc1C. The van der Waals surface area contributed by atoms with Gasteiger partial charge in [0.1, 0.15) is 5.75 Å². The van der Waals surface area contributed by atoms with E-state index in [2.05, 4.69) is 12.2 Å². The summed E-state index contributed by atoms with van der Waals surface area (Å²) < 4.78 is 5.33. The number of imide groups is 1. The number of benzene rings is 1. The van der Waals surface area contributed by atoms with Crippen molar-refractivity contribution in [1.82, 2.24) is 0 Å². The minimum absolute atomic E-state index is 0.0417. The average Bonchev–Trinajstić information content (AvgIpc) is 2.83. The van der Waals surface area contributed by atoms with Crippen LogP contribution < -0.4 is 9.64 Å².